The van der Waals surface area contributed by atoms with Gasteiger partial charge >= 0.3 is 0 Å². The Morgan fingerprint density at radius 2 is 1.64 bits per heavy atom. The number of hydrogen-bond acceptors (Lipinski definition) is 9. The van der Waals surface area contributed by atoms with Crippen molar-refractivity contribution in [2.45, 2.75) is 24.5 Å². The molecule has 0 bridgehead atoms. The zero-order chi connectivity index (χ0) is 28.5. The Hall–Kier alpha value is -4.15. The minimum absolute atomic E-state index is 0.00929. The number of hydrogen-bond donors (Lipinski definition) is 5. The summed E-state index contributed by atoms with van der Waals surface area (Å²) in [4.78, 5) is 42.8. The highest BCUT2D eigenvalue weighted by Crippen LogP contribution is 2.53. The number of carbonyl (C=O) groups is 3. The number of aromatic hydroxyl groups is 1. The molecule has 0 fully saturated rings. The molecule has 0 saturated heterocycles. The number of phenolic OH excluding ortho intramolecular Hbond substituents is 1. The highest BCUT2D eigenvalue weighted by Gasteiger charge is 2.63. The first-order valence-corrected chi connectivity index (χ1v) is 12.6. The molecule has 0 unspecified atom stereocenters. The molecule has 39 heavy (non-hydrogen) atoms. The summed E-state index contributed by atoms with van der Waals surface area (Å²) in [5.74, 6) is -6.65. The fraction of sp³-hybridized carbons (Fsp3) is 0.345. The number of nitrogens with two attached hydrogens (primary N) is 1. The largest absolute Gasteiger partial charge is 0.510 e. The number of phenols is 1. The van der Waals surface area contributed by atoms with Crippen molar-refractivity contribution in [1.82, 2.24) is 4.90 Å². The molecule has 0 saturated carbocycles. The number of primary amides is 1. The van der Waals surface area contributed by atoms with Crippen molar-refractivity contribution in [3.63, 3.8) is 0 Å². The van der Waals surface area contributed by atoms with Crippen LogP contribution in [0.1, 0.15) is 22.3 Å². The molecule has 204 valence electrons. The fourth-order valence-corrected chi connectivity index (χ4v) is 6.46. The maximum atomic E-state index is 13.9. The van der Waals surface area contributed by atoms with Gasteiger partial charge < -0.3 is 31.1 Å². The van der Waals surface area contributed by atoms with E-state index in [1.54, 1.807) is 20.2 Å². The lowest BCUT2D eigenvalue weighted by Gasteiger charge is -2.50. The van der Waals surface area contributed by atoms with E-state index in [-0.39, 0.29) is 29.7 Å². The molecule has 2 aromatic carbocycles. The van der Waals surface area contributed by atoms with E-state index >= 15 is 0 Å². The summed E-state index contributed by atoms with van der Waals surface area (Å²) in [6, 6.07) is 9.84. The monoisotopic (exact) mass is 533 g/mol. The second-order valence-electron chi connectivity index (χ2n) is 10.9. The van der Waals surface area contributed by atoms with Crippen molar-refractivity contribution >= 4 is 23.2 Å². The van der Waals surface area contributed by atoms with Crippen LogP contribution in [0.4, 0.5) is 5.69 Å². The van der Waals surface area contributed by atoms with Crippen molar-refractivity contribution in [3.05, 3.63) is 70.2 Å². The third-order valence-electron chi connectivity index (χ3n) is 8.30. The van der Waals surface area contributed by atoms with Crippen molar-refractivity contribution in [2.75, 3.05) is 33.1 Å². The summed E-state index contributed by atoms with van der Waals surface area (Å²) in [5.41, 5.74) is 4.86. The molecule has 10 nitrogen and oxygen atoms in total. The van der Waals surface area contributed by atoms with E-state index in [4.69, 9.17) is 5.73 Å². The van der Waals surface area contributed by atoms with Crippen molar-refractivity contribution in [1.29, 1.82) is 0 Å². The van der Waals surface area contributed by atoms with Crippen LogP contribution in [0.25, 0.3) is 11.1 Å². The van der Waals surface area contributed by atoms with Gasteiger partial charge in [-0.05, 0) is 67.7 Å². The molecule has 4 atom stereocenters. The number of benzene rings is 2. The molecule has 1 amide bonds. The summed E-state index contributed by atoms with van der Waals surface area (Å²) < 4.78 is 0. The van der Waals surface area contributed by atoms with E-state index in [2.05, 4.69) is 0 Å². The van der Waals surface area contributed by atoms with Crippen molar-refractivity contribution < 1.29 is 34.8 Å². The van der Waals surface area contributed by atoms with Crippen molar-refractivity contribution in [3.8, 4) is 16.9 Å². The lowest BCUT2D eigenvalue weighted by atomic mass is 9.58. The van der Waals surface area contributed by atoms with E-state index in [9.17, 15) is 34.8 Å². The summed E-state index contributed by atoms with van der Waals surface area (Å²) in [5, 5.41) is 44.7. The number of aliphatic hydroxyl groups is 3. The maximum Gasteiger partial charge on any atom is 0.255 e. The van der Waals surface area contributed by atoms with Gasteiger partial charge in [0.05, 0.1) is 11.6 Å². The average Bonchev–Trinajstić information content (AvgIpc) is 2.86. The van der Waals surface area contributed by atoms with Crippen LogP contribution in [0, 0.1) is 11.8 Å². The number of ketones is 2. The molecule has 3 aliphatic rings. The molecule has 5 rings (SSSR count). The Labute approximate surface area is 225 Å². The van der Waals surface area contributed by atoms with E-state index in [1.807, 2.05) is 43.3 Å². The minimum Gasteiger partial charge on any atom is -0.510 e. The number of allylic oxidation sites excluding steroid dienone is 1. The summed E-state index contributed by atoms with van der Waals surface area (Å²) in [6.07, 6.45) is 0.272. The summed E-state index contributed by atoms with van der Waals surface area (Å²) >= 11 is 0. The standard InChI is InChI=1S/C29H31N3O7/c1-31(2)15-7-5-13(6-8-15)16-9-10-19(33)21-17(16)11-14-12-18-23(32(3)4)25(35)22(28(30)38)27(37)29(18,39)26(36)20(14)24(21)34/h5-10,14,18,23,33,35-36,39H,11-12H2,1-4H3,(H2,30,38)/t14-,18-,23-,29-/m1/s1. The van der Waals surface area contributed by atoms with Crippen LogP contribution in [0.5, 0.6) is 5.75 Å². The van der Waals surface area contributed by atoms with E-state index in [0.29, 0.717) is 5.56 Å². The van der Waals surface area contributed by atoms with Crippen LogP contribution in [0.2, 0.25) is 0 Å². The van der Waals surface area contributed by atoms with Gasteiger partial charge in [0.1, 0.15) is 22.8 Å². The predicted octanol–water partition coefficient (Wildman–Crippen LogP) is 1.85. The number of carbonyl (C=O) groups excluding carboxylic acids is 3. The van der Waals surface area contributed by atoms with Gasteiger partial charge in [0, 0.05) is 31.3 Å². The first-order valence-electron chi connectivity index (χ1n) is 12.6. The van der Waals surface area contributed by atoms with Gasteiger partial charge in [-0.25, -0.2) is 0 Å². The maximum absolute atomic E-state index is 13.9. The van der Waals surface area contributed by atoms with Crippen LogP contribution < -0.4 is 10.6 Å². The molecule has 2 aromatic rings. The van der Waals surface area contributed by atoms with Gasteiger partial charge in [-0.2, -0.15) is 0 Å². The molecular weight excluding hydrogens is 502 g/mol. The number of aliphatic hydroxyl groups excluding tert-OH is 2. The van der Waals surface area contributed by atoms with Gasteiger partial charge in [-0.1, -0.05) is 18.2 Å². The molecule has 0 radical (unpaired) electrons. The third kappa shape index (κ3) is 3.66. The zero-order valence-electron chi connectivity index (χ0n) is 22.1. The smallest absolute Gasteiger partial charge is 0.255 e. The van der Waals surface area contributed by atoms with Crippen LogP contribution >= 0.6 is 0 Å². The second-order valence-corrected chi connectivity index (χ2v) is 10.9. The first-order chi connectivity index (χ1) is 18.3. The van der Waals surface area contributed by atoms with Gasteiger partial charge in [0.2, 0.25) is 5.78 Å². The van der Waals surface area contributed by atoms with Crippen molar-refractivity contribution in [2.24, 2.45) is 17.6 Å². The van der Waals surface area contributed by atoms with Crippen LogP contribution in [-0.2, 0) is 16.0 Å². The molecule has 0 aromatic heterocycles. The highest BCUT2D eigenvalue weighted by atomic mass is 16.3. The van der Waals surface area contributed by atoms with E-state index in [0.717, 1.165) is 16.8 Å². The van der Waals surface area contributed by atoms with E-state index < -0.39 is 58.0 Å². The van der Waals surface area contributed by atoms with Gasteiger partial charge in [-0.3, -0.25) is 19.3 Å². The Morgan fingerprint density at radius 1 is 1.00 bits per heavy atom. The molecule has 0 spiro atoms. The number of likely N-dealkylation sites (N-methyl/N-ethyl adjacent to an activating group) is 1. The second kappa shape index (κ2) is 8.96. The van der Waals surface area contributed by atoms with Crippen LogP contribution in [-0.4, -0.2) is 82.6 Å². The molecule has 0 aliphatic heterocycles. The fourth-order valence-electron chi connectivity index (χ4n) is 6.46. The zero-order valence-corrected chi connectivity index (χ0v) is 22.1. The van der Waals surface area contributed by atoms with E-state index in [1.165, 1.54) is 11.0 Å². The number of Topliss-reactive ketones (excluding diaryl/α,β-unsaturated/α-hetero) is 2. The average molecular weight is 534 g/mol. The Kier molecular flexibility index (Phi) is 6.08. The number of nitrogens with zero attached hydrogens (tertiary/aromatic N) is 2. The predicted molar refractivity (Wildman–Crippen MR) is 143 cm³/mol. The van der Waals surface area contributed by atoms with Gasteiger partial charge in [0.25, 0.3) is 5.91 Å². The van der Waals surface area contributed by atoms with Gasteiger partial charge in [0.15, 0.2) is 11.4 Å². The lowest BCUT2D eigenvalue weighted by molar-refractivity contribution is -0.148. The molecule has 10 heteroatoms. The first kappa shape index (κ1) is 26.5. The highest BCUT2D eigenvalue weighted by molar-refractivity contribution is 6.24. The molecule has 0 heterocycles. The Morgan fingerprint density at radius 3 is 2.21 bits per heavy atom. The SMILES string of the molecule is CN(C)c1ccc(-c2ccc(O)c3c2C[C@@H]2C[C@@H]4[C@@H](N(C)C)C(O)=C(C(N)=O)C(=O)[C@]4(O)C(O)=C2C3=O)cc1. The molecule has 3 aliphatic carbocycles. The number of rotatable bonds is 4. The topological polar surface area (TPSA) is 165 Å². The summed E-state index contributed by atoms with van der Waals surface area (Å²) in [7, 11) is 7.05. The summed E-state index contributed by atoms with van der Waals surface area (Å²) in [6.45, 7) is 0. The molecular formula is C29H31N3O7. The quantitative estimate of drug-likeness (QED) is 0.369. The third-order valence-corrected chi connectivity index (χ3v) is 8.30. The van der Waals surface area contributed by atoms with Gasteiger partial charge in [-0.15, -0.1) is 0 Å². The van der Waals surface area contributed by atoms with Crippen LogP contribution in [0.3, 0.4) is 0 Å². The number of anilines is 1. The normalized spacial score (nSPS) is 26.4. The number of amides is 1. The Balaban J connectivity index is 1.69. The number of fused-ring (bicyclic) bond motifs is 3. The lowest BCUT2D eigenvalue weighted by Crippen LogP contribution is -2.63. The van der Waals surface area contributed by atoms with Crippen LogP contribution in [0.15, 0.2) is 59.1 Å². The minimum atomic E-state index is -2.65. The Bertz CT molecular complexity index is 1490. The molecule has 6 N–H and O–H groups in total.